The molecule has 4 heteroatoms. The first-order valence-electron chi connectivity index (χ1n) is 6.25. The van der Waals surface area contributed by atoms with Crippen LogP contribution in [0.4, 0.5) is 0 Å². The Morgan fingerprint density at radius 3 is 2.72 bits per heavy atom. The van der Waals surface area contributed by atoms with Crippen molar-refractivity contribution in [3.8, 4) is 0 Å². The number of nitrogens with one attached hydrogen (secondary N) is 2. The zero-order chi connectivity index (χ0) is 13.0. The predicted octanol–water partition coefficient (Wildman–Crippen LogP) is 1.24. The van der Waals surface area contributed by atoms with Crippen LogP contribution in [0.5, 0.6) is 0 Å². The van der Waals surface area contributed by atoms with Gasteiger partial charge in [0.2, 0.25) is 0 Å². The highest BCUT2D eigenvalue weighted by atomic mass is 16.5. The van der Waals surface area contributed by atoms with Gasteiger partial charge in [0.1, 0.15) is 0 Å². The molecule has 1 aromatic carbocycles. The Hall–Kier alpha value is -1.39. The van der Waals surface area contributed by atoms with E-state index in [4.69, 9.17) is 4.74 Å². The summed E-state index contributed by atoms with van der Waals surface area (Å²) in [6.07, 6.45) is 0.410. The number of hydrogen-bond acceptors (Lipinski definition) is 3. The maximum atomic E-state index is 12.3. The van der Waals surface area contributed by atoms with Gasteiger partial charge in [0.15, 0.2) is 6.10 Å². The smallest absolute Gasteiger partial charge is 0.254 e. The van der Waals surface area contributed by atoms with E-state index in [1.54, 1.807) is 7.11 Å². The van der Waals surface area contributed by atoms with E-state index in [0.717, 1.165) is 25.1 Å². The fourth-order valence-corrected chi connectivity index (χ4v) is 2.31. The van der Waals surface area contributed by atoms with Crippen molar-refractivity contribution in [3.05, 3.63) is 35.9 Å². The number of carbonyl (C=O) groups excluding carboxylic acids is 1. The van der Waals surface area contributed by atoms with Gasteiger partial charge < -0.3 is 15.4 Å². The van der Waals surface area contributed by atoms with Crippen molar-refractivity contribution >= 4 is 5.91 Å². The van der Waals surface area contributed by atoms with Crippen LogP contribution in [0.3, 0.4) is 0 Å². The Labute approximate surface area is 108 Å². The zero-order valence-corrected chi connectivity index (χ0v) is 10.9. The third-order valence-corrected chi connectivity index (χ3v) is 3.37. The van der Waals surface area contributed by atoms with Crippen molar-refractivity contribution in [3.63, 3.8) is 0 Å². The van der Waals surface area contributed by atoms with E-state index in [-0.39, 0.29) is 11.4 Å². The van der Waals surface area contributed by atoms with E-state index < -0.39 is 6.10 Å². The maximum absolute atomic E-state index is 12.3. The molecule has 1 heterocycles. The molecule has 0 bridgehead atoms. The van der Waals surface area contributed by atoms with Gasteiger partial charge in [0, 0.05) is 13.7 Å². The molecule has 1 fully saturated rings. The molecule has 0 aliphatic carbocycles. The summed E-state index contributed by atoms with van der Waals surface area (Å²) >= 11 is 0. The van der Waals surface area contributed by atoms with E-state index in [9.17, 15) is 4.79 Å². The van der Waals surface area contributed by atoms with Crippen LogP contribution in [-0.2, 0) is 9.53 Å². The first-order valence-corrected chi connectivity index (χ1v) is 6.25. The second-order valence-corrected chi connectivity index (χ2v) is 5.00. The average molecular weight is 248 g/mol. The van der Waals surface area contributed by atoms with Crippen LogP contribution in [0.2, 0.25) is 0 Å². The largest absolute Gasteiger partial charge is 0.367 e. The Morgan fingerprint density at radius 1 is 1.44 bits per heavy atom. The molecular weight excluding hydrogens is 228 g/mol. The minimum Gasteiger partial charge on any atom is -0.367 e. The summed E-state index contributed by atoms with van der Waals surface area (Å²) in [5.74, 6) is -0.0742. The fraction of sp³-hybridized carbons (Fsp3) is 0.500. The molecule has 0 aromatic heterocycles. The highest BCUT2D eigenvalue weighted by Crippen LogP contribution is 2.20. The molecule has 2 unspecified atom stereocenters. The van der Waals surface area contributed by atoms with Gasteiger partial charge in [0.05, 0.1) is 5.54 Å². The summed E-state index contributed by atoms with van der Waals surface area (Å²) in [5.41, 5.74) is 0.717. The molecule has 1 amide bonds. The van der Waals surface area contributed by atoms with E-state index in [1.807, 2.05) is 30.3 Å². The van der Waals surface area contributed by atoms with Gasteiger partial charge in [-0.2, -0.15) is 0 Å². The Kier molecular flexibility index (Phi) is 3.99. The summed E-state index contributed by atoms with van der Waals surface area (Å²) in [4.78, 5) is 12.3. The van der Waals surface area contributed by atoms with Gasteiger partial charge in [-0.25, -0.2) is 0 Å². The first-order chi connectivity index (χ1) is 8.64. The van der Waals surface area contributed by atoms with E-state index in [2.05, 4.69) is 17.6 Å². The number of ether oxygens (including phenoxy) is 1. The van der Waals surface area contributed by atoms with Crippen LogP contribution in [-0.4, -0.2) is 31.6 Å². The number of hydrogen-bond donors (Lipinski definition) is 2. The minimum atomic E-state index is -0.538. The second kappa shape index (κ2) is 5.50. The molecule has 1 aromatic rings. The Morgan fingerprint density at radius 2 is 2.17 bits per heavy atom. The number of carbonyl (C=O) groups is 1. The molecular formula is C14H20N2O2. The van der Waals surface area contributed by atoms with E-state index in [0.29, 0.717) is 0 Å². The molecule has 4 nitrogen and oxygen atoms in total. The summed E-state index contributed by atoms with van der Waals surface area (Å²) in [6, 6.07) is 9.56. The van der Waals surface area contributed by atoms with Gasteiger partial charge in [0.25, 0.3) is 5.91 Å². The Bertz CT molecular complexity index is 400. The van der Waals surface area contributed by atoms with Crippen molar-refractivity contribution in [2.24, 2.45) is 0 Å². The summed E-state index contributed by atoms with van der Waals surface area (Å²) in [5, 5.41) is 6.34. The third kappa shape index (κ3) is 2.89. The second-order valence-electron chi connectivity index (χ2n) is 5.00. The zero-order valence-electron chi connectivity index (χ0n) is 10.9. The number of benzene rings is 1. The highest BCUT2D eigenvalue weighted by molar-refractivity contribution is 5.83. The van der Waals surface area contributed by atoms with Gasteiger partial charge >= 0.3 is 0 Å². The topological polar surface area (TPSA) is 50.4 Å². The number of rotatable bonds is 4. The van der Waals surface area contributed by atoms with Gasteiger partial charge in [-0.3, -0.25) is 4.79 Å². The van der Waals surface area contributed by atoms with Crippen LogP contribution < -0.4 is 10.6 Å². The lowest BCUT2D eigenvalue weighted by molar-refractivity contribution is -0.133. The molecule has 98 valence electrons. The van der Waals surface area contributed by atoms with Crippen molar-refractivity contribution in [2.45, 2.75) is 25.0 Å². The SMILES string of the molecule is COC(C(=O)NC1(C)CCNC1)c1ccccc1. The molecule has 0 spiro atoms. The molecule has 0 saturated carbocycles. The van der Waals surface area contributed by atoms with E-state index >= 15 is 0 Å². The Balaban J connectivity index is 2.06. The van der Waals surface area contributed by atoms with Gasteiger partial charge in [-0.1, -0.05) is 30.3 Å². The molecule has 2 N–H and O–H groups in total. The molecule has 0 radical (unpaired) electrons. The molecule has 1 saturated heterocycles. The van der Waals surface area contributed by atoms with Gasteiger partial charge in [-0.05, 0) is 25.5 Å². The summed E-state index contributed by atoms with van der Waals surface area (Å²) < 4.78 is 5.32. The van der Waals surface area contributed by atoms with Crippen LogP contribution in [0.15, 0.2) is 30.3 Å². The first kappa shape index (κ1) is 13.1. The lowest BCUT2D eigenvalue weighted by Gasteiger charge is -2.27. The normalized spacial score (nSPS) is 24.8. The van der Waals surface area contributed by atoms with Gasteiger partial charge in [-0.15, -0.1) is 0 Å². The summed E-state index contributed by atoms with van der Waals surface area (Å²) in [7, 11) is 1.56. The van der Waals surface area contributed by atoms with Crippen molar-refractivity contribution in [1.29, 1.82) is 0 Å². The van der Waals surface area contributed by atoms with Crippen LogP contribution >= 0.6 is 0 Å². The molecule has 2 rings (SSSR count). The molecule has 1 aliphatic heterocycles. The van der Waals surface area contributed by atoms with Crippen LogP contribution in [0.1, 0.15) is 25.0 Å². The van der Waals surface area contributed by atoms with Crippen molar-refractivity contribution in [1.82, 2.24) is 10.6 Å². The van der Waals surface area contributed by atoms with Crippen molar-refractivity contribution in [2.75, 3.05) is 20.2 Å². The average Bonchev–Trinajstić information content (AvgIpc) is 2.78. The molecule has 1 aliphatic rings. The number of methoxy groups -OCH3 is 1. The fourth-order valence-electron chi connectivity index (χ4n) is 2.31. The van der Waals surface area contributed by atoms with Crippen molar-refractivity contribution < 1.29 is 9.53 Å². The lowest BCUT2D eigenvalue weighted by atomic mass is 10.00. The predicted molar refractivity (Wildman–Crippen MR) is 70.2 cm³/mol. The summed E-state index contributed by atoms with van der Waals surface area (Å²) in [6.45, 7) is 3.81. The highest BCUT2D eigenvalue weighted by Gasteiger charge is 2.32. The third-order valence-electron chi connectivity index (χ3n) is 3.37. The quantitative estimate of drug-likeness (QED) is 0.843. The standard InChI is InChI=1S/C14H20N2O2/c1-14(8-9-15-10-14)16-13(17)12(18-2)11-6-4-3-5-7-11/h3-7,12,15H,8-10H2,1-2H3,(H,16,17). The maximum Gasteiger partial charge on any atom is 0.254 e. The molecule has 2 atom stereocenters. The monoisotopic (exact) mass is 248 g/mol. The molecule has 18 heavy (non-hydrogen) atoms. The van der Waals surface area contributed by atoms with E-state index in [1.165, 1.54) is 0 Å². The van der Waals surface area contributed by atoms with Crippen LogP contribution in [0.25, 0.3) is 0 Å². The van der Waals surface area contributed by atoms with Crippen LogP contribution in [0, 0.1) is 0 Å². The number of amides is 1. The minimum absolute atomic E-state index is 0.0742. The lowest BCUT2D eigenvalue weighted by Crippen LogP contribution is -2.49.